The molecule has 1 aliphatic rings. The number of phenolic OH excluding ortho intramolecular Hbond substituents is 1. The Bertz CT molecular complexity index is 691. The van der Waals surface area contributed by atoms with Crippen molar-refractivity contribution in [1.82, 2.24) is 10.4 Å². The fourth-order valence-electron chi connectivity index (χ4n) is 2.08. The summed E-state index contributed by atoms with van der Waals surface area (Å²) in [5.41, 5.74) is -2.50. The maximum absolute atomic E-state index is 13.9. The lowest BCUT2D eigenvalue weighted by Gasteiger charge is -2.37. The maximum atomic E-state index is 13.9. The number of allylic oxidation sites excluding steroid dienone is 1. The minimum absolute atomic E-state index is 0.150. The predicted octanol–water partition coefficient (Wildman–Crippen LogP) is 2.07. The summed E-state index contributed by atoms with van der Waals surface area (Å²) in [5.74, 6) is -2.01. The van der Waals surface area contributed by atoms with Gasteiger partial charge in [-0.05, 0) is 25.1 Å². The topological polar surface area (TPSA) is 82.0 Å². The van der Waals surface area contributed by atoms with Crippen molar-refractivity contribution >= 4 is 5.91 Å². The number of nitrogens with one attached hydrogen (secondary N) is 1. The van der Waals surface area contributed by atoms with Crippen LogP contribution in [0, 0.1) is 0 Å². The van der Waals surface area contributed by atoms with Crippen molar-refractivity contribution in [3.63, 3.8) is 0 Å². The number of ether oxygens (including phenoxy) is 1. The highest BCUT2D eigenvalue weighted by molar-refractivity contribution is 5.97. The standard InChI is InChI=1S/C13H11F5N2O4/c1-7-6-11(23,12(14,15)24-13(16,17)18)20(19-7)10(22)8-4-2-3-5-9(8)21/h2-6,19,21,23H,1H3/t11-/m1/s1. The highest BCUT2D eigenvalue weighted by Crippen LogP contribution is 2.42. The highest BCUT2D eigenvalue weighted by atomic mass is 19.4. The van der Waals surface area contributed by atoms with Gasteiger partial charge in [0.05, 0.1) is 5.56 Å². The average Bonchev–Trinajstić information content (AvgIpc) is 2.73. The third-order valence-corrected chi connectivity index (χ3v) is 3.06. The number of aliphatic hydroxyl groups is 1. The molecule has 1 atom stereocenters. The van der Waals surface area contributed by atoms with Gasteiger partial charge in [0.25, 0.3) is 11.6 Å². The molecule has 0 saturated heterocycles. The third-order valence-electron chi connectivity index (χ3n) is 3.06. The van der Waals surface area contributed by atoms with E-state index in [4.69, 9.17) is 0 Å². The Morgan fingerprint density at radius 1 is 1.25 bits per heavy atom. The van der Waals surface area contributed by atoms with Crippen LogP contribution in [0.15, 0.2) is 36.0 Å². The van der Waals surface area contributed by atoms with Gasteiger partial charge in [-0.3, -0.25) is 10.2 Å². The minimum atomic E-state index is -5.77. The molecule has 132 valence electrons. The number of hydrazine groups is 1. The molecule has 1 heterocycles. The van der Waals surface area contributed by atoms with E-state index in [1.54, 1.807) is 0 Å². The van der Waals surface area contributed by atoms with E-state index >= 15 is 0 Å². The Balaban J connectivity index is 2.44. The Hall–Kier alpha value is -2.40. The molecular weight excluding hydrogens is 343 g/mol. The molecule has 24 heavy (non-hydrogen) atoms. The van der Waals surface area contributed by atoms with Crippen LogP contribution in [0.3, 0.4) is 0 Å². The van der Waals surface area contributed by atoms with Crippen LogP contribution in [0.5, 0.6) is 5.75 Å². The van der Waals surface area contributed by atoms with Crippen molar-refractivity contribution < 1.29 is 41.7 Å². The smallest absolute Gasteiger partial charge is 0.507 e. The molecular formula is C13H11F5N2O4. The van der Waals surface area contributed by atoms with Gasteiger partial charge in [0.1, 0.15) is 5.75 Å². The molecule has 1 aromatic carbocycles. The van der Waals surface area contributed by atoms with Gasteiger partial charge in [-0.1, -0.05) is 12.1 Å². The molecule has 1 amide bonds. The molecule has 0 spiro atoms. The van der Waals surface area contributed by atoms with E-state index in [-0.39, 0.29) is 10.7 Å². The maximum Gasteiger partial charge on any atom is 0.527 e. The number of carbonyl (C=O) groups excluding carboxylic acids is 1. The third kappa shape index (κ3) is 3.12. The molecule has 1 aliphatic heterocycles. The molecule has 0 unspecified atom stereocenters. The Labute approximate surface area is 131 Å². The van der Waals surface area contributed by atoms with Gasteiger partial charge in [0.15, 0.2) is 0 Å². The van der Waals surface area contributed by atoms with Crippen molar-refractivity contribution in [2.45, 2.75) is 25.1 Å². The molecule has 0 bridgehead atoms. The van der Waals surface area contributed by atoms with E-state index in [9.17, 15) is 37.0 Å². The number of phenols is 1. The van der Waals surface area contributed by atoms with Crippen LogP contribution in [0.4, 0.5) is 22.0 Å². The number of para-hydroxylation sites is 1. The number of alkyl halides is 5. The number of halogens is 5. The predicted molar refractivity (Wildman–Crippen MR) is 68.2 cm³/mol. The second-order valence-electron chi connectivity index (χ2n) is 4.89. The van der Waals surface area contributed by atoms with Crippen molar-refractivity contribution in [2.75, 3.05) is 0 Å². The molecule has 11 heteroatoms. The van der Waals surface area contributed by atoms with Crippen LogP contribution in [0.2, 0.25) is 0 Å². The van der Waals surface area contributed by atoms with Gasteiger partial charge in [-0.15, -0.1) is 13.2 Å². The normalized spacial score (nSPS) is 21.5. The first kappa shape index (κ1) is 17.9. The largest absolute Gasteiger partial charge is 0.527 e. The highest BCUT2D eigenvalue weighted by Gasteiger charge is 2.65. The van der Waals surface area contributed by atoms with Crippen molar-refractivity contribution in [2.24, 2.45) is 0 Å². The average molecular weight is 354 g/mol. The van der Waals surface area contributed by atoms with E-state index in [0.29, 0.717) is 6.08 Å². The molecule has 0 radical (unpaired) electrons. The van der Waals surface area contributed by atoms with Crippen LogP contribution in [-0.4, -0.2) is 39.3 Å². The number of hydrogen-bond donors (Lipinski definition) is 3. The number of nitrogens with zero attached hydrogens (tertiary/aromatic N) is 1. The molecule has 2 rings (SSSR count). The Morgan fingerprint density at radius 3 is 2.38 bits per heavy atom. The van der Waals surface area contributed by atoms with Gasteiger partial charge in [0.2, 0.25) is 0 Å². The van der Waals surface area contributed by atoms with Crippen LogP contribution >= 0.6 is 0 Å². The molecule has 0 fully saturated rings. The number of aromatic hydroxyl groups is 1. The molecule has 6 nitrogen and oxygen atoms in total. The van der Waals surface area contributed by atoms with E-state index in [1.807, 2.05) is 5.43 Å². The summed E-state index contributed by atoms with van der Waals surface area (Å²) in [6, 6.07) is 4.72. The SMILES string of the molecule is CC1=C[C@@](O)(C(F)(F)OC(F)(F)F)N(C(=O)c2ccccc2O)N1. The minimum Gasteiger partial charge on any atom is -0.507 e. The van der Waals surface area contributed by atoms with Gasteiger partial charge in [-0.2, -0.15) is 8.78 Å². The van der Waals surface area contributed by atoms with Crippen LogP contribution < -0.4 is 5.43 Å². The first-order valence-electron chi connectivity index (χ1n) is 6.33. The van der Waals surface area contributed by atoms with Gasteiger partial charge in [-0.25, -0.2) is 9.75 Å². The van der Waals surface area contributed by atoms with Crippen LogP contribution in [-0.2, 0) is 4.74 Å². The first-order chi connectivity index (χ1) is 10.9. The number of amides is 1. The lowest BCUT2D eigenvalue weighted by atomic mass is 10.1. The summed E-state index contributed by atoms with van der Waals surface area (Å²) in [7, 11) is 0. The fourth-order valence-corrected chi connectivity index (χ4v) is 2.08. The van der Waals surface area contributed by atoms with E-state index in [1.165, 1.54) is 12.1 Å². The van der Waals surface area contributed by atoms with E-state index in [0.717, 1.165) is 19.1 Å². The lowest BCUT2D eigenvalue weighted by molar-refractivity contribution is -0.463. The molecule has 1 aromatic rings. The van der Waals surface area contributed by atoms with E-state index in [2.05, 4.69) is 4.74 Å². The van der Waals surface area contributed by atoms with Crippen molar-refractivity contribution in [3.05, 3.63) is 41.6 Å². The lowest BCUT2D eigenvalue weighted by Crippen LogP contribution is -2.63. The summed E-state index contributed by atoms with van der Waals surface area (Å²) in [6.45, 7) is 1.13. The summed E-state index contributed by atoms with van der Waals surface area (Å²) in [5, 5.41) is 19.5. The van der Waals surface area contributed by atoms with Crippen LogP contribution in [0.1, 0.15) is 17.3 Å². The second kappa shape index (κ2) is 5.60. The number of rotatable bonds is 3. The summed E-state index contributed by atoms with van der Waals surface area (Å²) >= 11 is 0. The molecule has 0 aliphatic carbocycles. The van der Waals surface area contributed by atoms with Gasteiger partial charge >= 0.3 is 12.5 Å². The molecule has 0 aromatic heterocycles. The number of benzene rings is 1. The summed E-state index contributed by atoms with van der Waals surface area (Å²) in [4.78, 5) is 12.3. The first-order valence-corrected chi connectivity index (χ1v) is 6.33. The number of hydrogen-bond acceptors (Lipinski definition) is 5. The number of carbonyl (C=O) groups is 1. The quantitative estimate of drug-likeness (QED) is 0.724. The molecule has 0 saturated carbocycles. The Kier molecular flexibility index (Phi) is 4.19. The zero-order valence-electron chi connectivity index (χ0n) is 11.9. The van der Waals surface area contributed by atoms with Crippen molar-refractivity contribution in [1.29, 1.82) is 0 Å². The zero-order valence-corrected chi connectivity index (χ0v) is 11.9. The van der Waals surface area contributed by atoms with Crippen LogP contribution in [0.25, 0.3) is 0 Å². The monoisotopic (exact) mass is 354 g/mol. The molecule has 3 N–H and O–H groups in total. The van der Waals surface area contributed by atoms with Gasteiger partial charge < -0.3 is 10.2 Å². The summed E-state index contributed by atoms with van der Waals surface area (Å²) < 4.78 is 67.0. The fraction of sp³-hybridized carbons (Fsp3) is 0.308. The van der Waals surface area contributed by atoms with Crippen molar-refractivity contribution in [3.8, 4) is 5.75 Å². The van der Waals surface area contributed by atoms with E-state index < -0.39 is 35.4 Å². The van der Waals surface area contributed by atoms with Gasteiger partial charge in [0, 0.05) is 5.70 Å². The Morgan fingerprint density at radius 2 is 1.83 bits per heavy atom. The second-order valence-corrected chi connectivity index (χ2v) is 4.89. The summed E-state index contributed by atoms with van der Waals surface area (Å²) in [6.07, 6.45) is -10.7. The zero-order chi connectivity index (χ0) is 18.3.